The smallest absolute Gasteiger partial charge is 0.147 e. The molecular formula is C41H62O5. The summed E-state index contributed by atoms with van der Waals surface area (Å²) >= 11 is 0. The lowest BCUT2D eigenvalue weighted by molar-refractivity contribution is -0.105. The Morgan fingerprint density at radius 1 is 0.848 bits per heavy atom. The van der Waals surface area contributed by atoms with Gasteiger partial charge in [0.15, 0.2) is 0 Å². The summed E-state index contributed by atoms with van der Waals surface area (Å²) in [5, 5.41) is 10.8. The van der Waals surface area contributed by atoms with Crippen molar-refractivity contribution < 1.29 is 24.2 Å². The van der Waals surface area contributed by atoms with Crippen molar-refractivity contribution >= 4 is 23.3 Å². The van der Waals surface area contributed by atoms with E-state index in [-0.39, 0.29) is 12.2 Å². The zero-order valence-electron chi connectivity index (χ0n) is 29.3. The van der Waals surface area contributed by atoms with Gasteiger partial charge < -0.3 is 14.6 Å². The summed E-state index contributed by atoms with van der Waals surface area (Å²) in [4.78, 5) is 18.9. The van der Waals surface area contributed by atoms with E-state index in [0.717, 1.165) is 49.6 Å². The highest BCUT2D eigenvalue weighted by Gasteiger charge is 2.31. The van der Waals surface area contributed by atoms with E-state index >= 15 is 0 Å². The van der Waals surface area contributed by atoms with Gasteiger partial charge in [0.05, 0.1) is 19.8 Å². The van der Waals surface area contributed by atoms with E-state index in [1.807, 2.05) is 0 Å². The molecule has 2 aliphatic rings. The largest absolute Gasteiger partial charge is 0.392 e. The monoisotopic (exact) mass is 634 g/mol. The first-order chi connectivity index (χ1) is 22.3. The van der Waals surface area contributed by atoms with Crippen molar-refractivity contribution in [1.82, 2.24) is 0 Å². The van der Waals surface area contributed by atoms with Gasteiger partial charge in [-0.05, 0) is 103 Å². The van der Waals surface area contributed by atoms with E-state index in [9.17, 15) is 9.59 Å². The van der Waals surface area contributed by atoms with Crippen LogP contribution in [0.15, 0.2) is 60.7 Å². The van der Waals surface area contributed by atoms with Crippen LogP contribution in [-0.2, 0) is 25.5 Å². The number of rotatable bonds is 15. The molecule has 0 spiro atoms. The molecule has 0 bridgehead atoms. The Kier molecular flexibility index (Phi) is 19.7. The van der Waals surface area contributed by atoms with Crippen molar-refractivity contribution in [2.24, 2.45) is 23.7 Å². The number of allylic oxidation sites excluding steroid dienone is 1. The third kappa shape index (κ3) is 14.4. The van der Waals surface area contributed by atoms with Crippen molar-refractivity contribution in [2.45, 2.75) is 103 Å². The first-order valence-corrected chi connectivity index (χ1v) is 17.6. The molecule has 5 heteroatoms. The maximum absolute atomic E-state index is 9.48. The Labute approximate surface area is 279 Å². The summed E-state index contributed by atoms with van der Waals surface area (Å²) in [6.07, 6.45) is 19.7. The Bertz CT molecular complexity index is 1160. The average molecular weight is 635 g/mol. The molecule has 2 aromatic carbocycles. The molecule has 2 fully saturated rings. The van der Waals surface area contributed by atoms with Crippen LogP contribution >= 0.6 is 0 Å². The zero-order valence-corrected chi connectivity index (χ0v) is 29.3. The van der Waals surface area contributed by atoms with Crippen molar-refractivity contribution in [3.8, 4) is 0 Å². The number of hydrogen-bond donors (Lipinski definition) is 1. The lowest BCUT2D eigenvalue weighted by Gasteiger charge is -2.38. The highest BCUT2D eigenvalue weighted by molar-refractivity contribution is 5.84. The molecule has 0 unspecified atom stereocenters. The van der Waals surface area contributed by atoms with E-state index < -0.39 is 0 Å². The fourth-order valence-corrected chi connectivity index (χ4v) is 7.26. The first-order valence-electron chi connectivity index (χ1n) is 17.6. The number of methoxy groups -OCH3 is 2. The van der Waals surface area contributed by atoms with Crippen molar-refractivity contribution in [3.05, 3.63) is 71.8 Å². The number of unbranched alkanes of at least 4 members (excludes halogenated alkanes) is 2. The molecule has 2 aliphatic carbocycles. The van der Waals surface area contributed by atoms with Gasteiger partial charge in [0.2, 0.25) is 0 Å². The molecule has 2 aromatic rings. The van der Waals surface area contributed by atoms with Gasteiger partial charge in [-0.3, -0.25) is 9.59 Å². The van der Waals surface area contributed by atoms with E-state index in [0.29, 0.717) is 17.8 Å². The fraction of sp³-hybridized carbons (Fsp3) is 0.610. The number of hydrogen-bond acceptors (Lipinski definition) is 5. The summed E-state index contributed by atoms with van der Waals surface area (Å²) in [6.45, 7) is 11.7. The minimum absolute atomic E-state index is 0.218. The normalized spacial score (nSPS) is 21.0. The molecule has 5 nitrogen and oxygen atoms in total. The molecule has 2 saturated carbocycles. The third-order valence-corrected chi connectivity index (χ3v) is 9.85. The highest BCUT2D eigenvalue weighted by Crippen LogP contribution is 2.45. The van der Waals surface area contributed by atoms with Crippen LogP contribution in [0, 0.1) is 23.7 Å². The highest BCUT2D eigenvalue weighted by atomic mass is 16.5. The van der Waals surface area contributed by atoms with Crippen LogP contribution in [0.2, 0.25) is 0 Å². The number of fused-ring (bicyclic) bond motifs is 1. The van der Waals surface area contributed by atoms with Gasteiger partial charge in [0.1, 0.15) is 12.6 Å². The minimum Gasteiger partial charge on any atom is -0.392 e. The van der Waals surface area contributed by atoms with Crippen LogP contribution in [0.4, 0.5) is 0 Å². The number of ether oxygens (including phenoxy) is 2. The number of benzene rings is 2. The minimum atomic E-state index is -0.233. The second-order valence-electron chi connectivity index (χ2n) is 13.7. The second-order valence-corrected chi connectivity index (χ2v) is 13.7. The lowest BCUT2D eigenvalue weighted by Crippen LogP contribution is -2.25. The fourth-order valence-electron chi connectivity index (χ4n) is 7.26. The van der Waals surface area contributed by atoms with Crippen molar-refractivity contribution in [3.63, 3.8) is 0 Å². The average Bonchev–Trinajstić information content (AvgIpc) is 3.09. The molecule has 0 saturated heterocycles. The second kappa shape index (κ2) is 22.8. The van der Waals surface area contributed by atoms with Crippen LogP contribution in [-0.4, -0.2) is 51.7 Å². The molecule has 0 aromatic heterocycles. The Balaban J connectivity index is 0.000000576. The van der Waals surface area contributed by atoms with E-state index in [2.05, 4.69) is 56.5 Å². The summed E-state index contributed by atoms with van der Waals surface area (Å²) in [5.74, 6) is 4.23. The van der Waals surface area contributed by atoms with Gasteiger partial charge in [-0.1, -0.05) is 95.0 Å². The Hall–Kier alpha value is -2.60. The maximum Gasteiger partial charge on any atom is 0.147 e. The van der Waals surface area contributed by atoms with Gasteiger partial charge >= 0.3 is 0 Å². The molecule has 0 atom stereocenters. The SMILES string of the molecule is C=C(C)C=O.C=C(C=O)CO.CCCCCC1CCC(C2CCC(c3ccc4cc(CC(COC)COC)ccc4c3)CC2)CC1. The number of aldehydes is 2. The van der Waals surface area contributed by atoms with Crippen molar-refractivity contribution in [1.29, 1.82) is 0 Å². The summed E-state index contributed by atoms with van der Waals surface area (Å²) in [6, 6.07) is 14.3. The maximum atomic E-state index is 9.48. The number of aliphatic hydroxyl groups excluding tert-OH is 1. The summed E-state index contributed by atoms with van der Waals surface area (Å²) < 4.78 is 10.8. The number of carbonyl (C=O) groups excluding carboxylic acids is 2. The van der Waals surface area contributed by atoms with E-state index in [1.165, 1.54) is 93.4 Å². The molecule has 1 N–H and O–H groups in total. The van der Waals surface area contributed by atoms with Crippen LogP contribution < -0.4 is 0 Å². The molecule has 0 aliphatic heterocycles. The molecule has 0 amide bonds. The molecule has 0 heterocycles. The molecule has 4 rings (SSSR count). The number of carbonyl (C=O) groups is 2. The standard InChI is InChI=1S/C33H50O2.C4H6O2.C4H6O/c1-4-5-6-7-25-8-11-28(12-9-25)29-14-16-30(17-15-29)32-19-18-31-21-26(10-13-33(31)22-32)20-27(23-34-2)24-35-3;1-4(2-5)3-6;1-4(2)3-5/h10,13,18-19,21-22,25,27-30H,4-9,11-12,14-17,20,23-24H2,1-3H3;2,6H,1,3H2;3H,1H2,2H3. The summed E-state index contributed by atoms with van der Waals surface area (Å²) in [7, 11) is 3.55. The van der Waals surface area contributed by atoms with Gasteiger partial charge in [0.25, 0.3) is 0 Å². The lowest BCUT2D eigenvalue weighted by atomic mass is 9.68. The predicted molar refractivity (Wildman–Crippen MR) is 192 cm³/mol. The van der Waals surface area contributed by atoms with Crippen LogP contribution in [0.3, 0.4) is 0 Å². The van der Waals surface area contributed by atoms with E-state index in [1.54, 1.807) is 26.7 Å². The summed E-state index contributed by atoms with van der Waals surface area (Å²) in [5.41, 5.74) is 3.74. The third-order valence-electron chi connectivity index (χ3n) is 9.85. The quantitative estimate of drug-likeness (QED) is 0.120. The van der Waals surface area contributed by atoms with Gasteiger partial charge in [-0.25, -0.2) is 0 Å². The van der Waals surface area contributed by atoms with E-state index in [4.69, 9.17) is 14.6 Å². The van der Waals surface area contributed by atoms with Crippen LogP contribution in [0.1, 0.15) is 108 Å². The zero-order chi connectivity index (χ0) is 33.7. The molecule has 256 valence electrons. The predicted octanol–water partition coefficient (Wildman–Crippen LogP) is 9.45. The Morgan fingerprint density at radius 2 is 1.41 bits per heavy atom. The first kappa shape index (κ1) is 39.6. The van der Waals surface area contributed by atoms with Crippen molar-refractivity contribution in [2.75, 3.05) is 34.0 Å². The van der Waals surface area contributed by atoms with Crippen LogP contribution in [0.5, 0.6) is 0 Å². The molecule has 0 radical (unpaired) electrons. The van der Waals surface area contributed by atoms with Gasteiger partial charge in [0, 0.05) is 25.7 Å². The number of aliphatic hydroxyl groups is 1. The Morgan fingerprint density at radius 3 is 1.91 bits per heavy atom. The topological polar surface area (TPSA) is 72.8 Å². The van der Waals surface area contributed by atoms with Gasteiger partial charge in [-0.15, -0.1) is 0 Å². The molecular weight excluding hydrogens is 572 g/mol. The molecule has 46 heavy (non-hydrogen) atoms. The van der Waals surface area contributed by atoms with Crippen LogP contribution in [0.25, 0.3) is 10.8 Å². The van der Waals surface area contributed by atoms with Gasteiger partial charge in [-0.2, -0.15) is 0 Å².